The standard InChI is InChI=1S/C19H20N2O3/c1-4-12-9-15(17(22)10-18(12)24-3)19-16(11-20-21-19)13-5-7-14(23-2)8-6-13/h5-11,22H,4H2,1-3H3,(H,20,21). The molecule has 124 valence electrons. The van der Waals surface area contributed by atoms with E-state index < -0.39 is 0 Å². The third kappa shape index (κ3) is 2.80. The van der Waals surface area contributed by atoms with Crippen molar-refractivity contribution in [2.45, 2.75) is 13.3 Å². The zero-order valence-corrected chi connectivity index (χ0v) is 14.0. The topological polar surface area (TPSA) is 67.4 Å². The summed E-state index contributed by atoms with van der Waals surface area (Å²) in [6, 6.07) is 11.3. The van der Waals surface area contributed by atoms with E-state index in [9.17, 15) is 5.11 Å². The molecule has 3 aromatic rings. The van der Waals surface area contributed by atoms with Gasteiger partial charge in [-0.25, -0.2) is 0 Å². The number of aryl methyl sites for hydroxylation is 1. The number of H-pyrrole nitrogens is 1. The fourth-order valence-corrected chi connectivity index (χ4v) is 2.76. The molecule has 0 fully saturated rings. The maximum atomic E-state index is 10.4. The molecule has 24 heavy (non-hydrogen) atoms. The number of hydrogen-bond acceptors (Lipinski definition) is 4. The molecular weight excluding hydrogens is 304 g/mol. The van der Waals surface area contributed by atoms with Gasteiger partial charge in [0.2, 0.25) is 0 Å². The Morgan fingerprint density at radius 3 is 2.42 bits per heavy atom. The minimum absolute atomic E-state index is 0.156. The molecular formula is C19H20N2O3. The summed E-state index contributed by atoms with van der Waals surface area (Å²) in [6.45, 7) is 2.05. The zero-order chi connectivity index (χ0) is 17.1. The van der Waals surface area contributed by atoms with Gasteiger partial charge in [0.1, 0.15) is 17.2 Å². The molecule has 1 aromatic heterocycles. The SMILES string of the molecule is CCc1cc(-c2[nH]ncc2-c2ccc(OC)cc2)c(O)cc1OC. The molecule has 0 aliphatic rings. The molecule has 0 radical (unpaired) electrons. The minimum atomic E-state index is 0.156. The Morgan fingerprint density at radius 1 is 1.04 bits per heavy atom. The first kappa shape index (κ1) is 15.9. The first-order valence-corrected chi connectivity index (χ1v) is 7.76. The van der Waals surface area contributed by atoms with Gasteiger partial charge in [-0.3, -0.25) is 5.10 Å². The lowest BCUT2D eigenvalue weighted by molar-refractivity contribution is 0.403. The Labute approximate surface area is 140 Å². The molecule has 0 aliphatic carbocycles. The summed E-state index contributed by atoms with van der Waals surface area (Å²) >= 11 is 0. The van der Waals surface area contributed by atoms with Gasteiger partial charge in [-0.05, 0) is 35.7 Å². The summed E-state index contributed by atoms with van der Waals surface area (Å²) in [6.07, 6.45) is 2.56. The summed E-state index contributed by atoms with van der Waals surface area (Å²) in [7, 11) is 3.24. The Hall–Kier alpha value is -2.95. The van der Waals surface area contributed by atoms with Crippen LogP contribution in [0.2, 0.25) is 0 Å². The van der Waals surface area contributed by atoms with Crippen LogP contribution in [0.5, 0.6) is 17.2 Å². The van der Waals surface area contributed by atoms with Crippen molar-refractivity contribution in [3.63, 3.8) is 0 Å². The van der Waals surface area contributed by atoms with Gasteiger partial charge in [0.05, 0.1) is 26.1 Å². The molecule has 1 heterocycles. The summed E-state index contributed by atoms with van der Waals surface area (Å²) < 4.78 is 10.5. The Bertz CT molecular complexity index is 838. The molecule has 2 aromatic carbocycles. The van der Waals surface area contributed by atoms with Crippen LogP contribution < -0.4 is 9.47 Å². The van der Waals surface area contributed by atoms with Crippen molar-refractivity contribution >= 4 is 0 Å². The van der Waals surface area contributed by atoms with Crippen molar-refractivity contribution in [3.8, 4) is 39.6 Å². The average Bonchev–Trinajstić information content (AvgIpc) is 3.10. The van der Waals surface area contributed by atoms with Crippen molar-refractivity contribution in [2.24, 2.45) is 0 Å². The fraction of sp³-hybridized carbons (Fsp3) is 0.211. The van der Waals surface area contributed by atoms with Crippen LogP contribution in [0.4, 0.5) is 0 Å². The normalized spacial score (nSPS) is 10.6. The second-order valence-corrected chi connectivity index (χ2v) is 5.42. The monoisotopic (exact) mass is 324 g/mol. The van der Waals surface area contributed by atoms with Gasteiger partial charge in [0.15, 0.2) is 0 Å². The van der Waals surface area contributed by atoms with Gasteiger partial charge in [-0.1, -0.05) is 19.1 Å². The highest BCUT2D eigenvalue weighted by atomic mass is 16.5. The number of aromatic nitrogens is 2. The second-order valence-electron chi connectivity index (χ2n) is 5.42. The van der Waals surface area contributed by atoms with Crippen molar-refractivity contribution < 1.29 is 14.6 Å². The minimum Gasteiger partial charge on any atom is -0.507 e. The summed E-state index contributed by atoms with van der Waals surface area (Å²) in [4.78, 5) is 0. The molecule has 5 nitrogen and oxygen atoms in total. The molecule has 0 spiro atoms. The molecule has 0 saturated carbocycles. The number of nitrogens with zero attached hydrogens (tertiary/aromatic N) is 1. The van der Waals surface area contributed by atoms with Gasteiger partial charge < -0.3 is 14.6 Å². The number of hydrogen-bond donors (Lipinski definition) is 2. The quantitative estimate of drug-likeness (QED) is 0.743. The Balaban J connectivity index is 2.10. The number of phenols is 1. The summed E-state index contributed by atoms with van der Waals surface area (Å²) in [5.74, 6) is 1.64. The summed E-state index contributed by atoms with van der Waals surface area (Å²) in [5, 5.41) is 17.6. The van der Waals surface area contributed by atoms with E-state index in [-0.39, 0.29) is 5.75 Å². The molecule has 0 atom stereocenters. The lowest BCUT2D eigenvalue weighted by Crippen LogP contribution is -1.93. The largest absolute Gasteiger partial charge is 0.507 e. The third-order valence-corrected chi connectivity index (χ3v) is 4.09. The number of aromatic amines is 1. The van der Waals surface area contributed by atoms with Crippen molar-refractivity contribution in [3.05, 3.63) is 48.2 Å². The highest BCUT2D eigenvalue weighted by Crippen LogP contribution is 2.39. The number of ether oxygens (including phenoxy) is 2. The van der Waals surface area contributed by atoms with E-state index >= 15 is 0 Å². The molecule has 0 aliphatic heterocycles. The van der Waals surface area contributed by atoms with E-state index in [4.69, 9.17) is 9.47 Å². The smallest absolute Gasteiger partial charge is 0.128 e. The van der Waals surface area contributed by atoms with E-state index in [1.165, 1.54) is 0 Å². The van der Waals surface area contributed by atoms with Crippen LogP contribution in [0.15, 0.2) is 42.6 Å². The van der Waals surface area contributed by atoms with Crippen LogP contribution in [-0.4, -0.2) is 29.5 Å². The number of methoxy groups -OCH3 is 2. The van der Waals surface area contributed by atoms with E-state index in [1.807, 2.05) is 30.3 Å². The number of benzene rings is 2. The molecule has 5 heteroatoms. The van der Waals surface area contributed by atoms with Gasteiger partial charge in [0, 0.05) is 17.2 Å². The number of rotatable bonds is 5. The molecule has 0 unspecified atom stereocenters. The highest BCUT2D eigenvalue weighted by molar-refractivity contribution is 5.84. The van der Waals surface area contributed by atoms with Crippen molar-refractivity contribution in [1.82, 2.24) is 10.2 Å². The average molecular weight is 324 g/mol. The van der Waals surface area contributed by atoms with Gasteiger partial charge >= 0.3 is 0 Å². The van der Waals surface area contributed by atoms with E-state index in [0.29, 0.717) is 11.3 Å². The zero-order valence-electron chi connectivity index (χ0n) is 14.0. The summed E-state index contributed by atoms with van der Waals surface area (Å²) in [5.41, 5.74) is 4.42. The fourth-order valence-electron chi connectivity index (χ4n) is 2.76. The van der Waals surface area contributed by atoms with Gasteiger partial charge in [0.25, 0.3) is 0 Å². The lowest BCUT2D eigenvalue weighted by Gasteiger charge is -2.12. The van der Waals surface area contributed by atoms with Gasteiger partial charge in [-0.15, -0.1) is 0 Å². The van der Waals surface area contributed by atoms with Crippen LogP contribution in [0.1, 0.15) is 12.5 Å². The van der Waals surface area contributed by atoms with Crippen LogP contribution >= 0.6 is 0 Å². The predicted octanol–water partition coefficient (Wildman–Crippen LogP) is 4.03. The van der Waals surface area contributed by atoms with Crippen LogP contribution in [-0.2, 0) is 6.42 Å². The number of phenolic OH excluding ortho intramolecular Hbond substituents is 1. The first-order chi connectivity index (χ1) is 11.7. The third-order valence-electron chi connectivity index (χ3n) is 4.09. The molecule has 0 bridgehead atoms. The Kier molecular flexibility index (Phi) is 4.42. The van der Waals surface area contributed by atoms with Crippen molar-refractivity contribution in [1.29, 1.82) is 0 Å². The van der Waals surface area contributed by atoms with E-state index in [1.54, 1.807) is 26.5 Å². The van der Waals surface area contributed by atoms with Gasteiger partial charge in [-0.2, -0.15) is 5.10 Å². The molecule has 0 amide bonds. The predicted molar refractivity (Wildman–Crippen MR) is 93.6 cm³/mol. The van der Waals surface area contributed by atoms with Crippen LogP contribution in [0.25, 0.3) is 22.4 Å². The molecule has 3 rings (SSSR count). The first-order valence-electron chi connectivity index (χ1n) is 7.76. The lowest BCUT2D eigenvalue weighted by atomic mass is 9.98. The van der Waals surface area contributed by atoms with Crippen LogP contribution in [0.3, 0.4) is 0 Å². The molecule has 2 N–H and O–H groups in total. The Morgan fingerprint density at radius 2 is 1.79 bits per heavy atom. The van der Waals surface area contributed by atoms with E-state index in [2.05, 4.69) is 17.1 Å². The maximum Gasteiger partial charge on any atom is 0.128 e. The molecule has 0 saturated heterocycles. The second kappa shape index (κ2) is 6.66. The number of aromatic hydroxyl groups is 1. The van der Waals surface area contributed by atoms with Crippen molar-refractivity contribution in [2.75, 3.05) is 14.2 Å². The maximum absolute atomic E-state index is 10.4. The number of nitrogens with one attached hydrogen (secondary N) is 1. The van der Waals surface area contributed by atoms with E-state index in [0.717, 1.165) is 34.6 Å². The highest BCUT2D eigenvalue weighted by Gasteiger charge is 2.16. The van der Waals surface area contributed by atoms with Crippen LogP contribution in [0, 0.1) is 0 Å².